The van der Waals surface area contributed by atoms with E-state index >= 15 is 0 Å². The molecule has 0 radical (unpaired) electrons. The fraction of sp³-hybridized carbons (Fsp3) is 0. The Balaban J connectivity index is 0.000000605. The zero-order valence-electron chi connectivity index (χ0n) is 5.33. The summed E-state index contributed by atoms with van der Waals surface area (Å²) in [7, 11) is 0. The van der Waals surface area contributed by atoms with Crippen molar-refractivity contribution in [3.05, 3.63) is 30.5 Å². The molecule has 1 aromatic carbocycles. The minimum absolute atomic E-state index is 0. The van der Waals surface area contributed by atoms with Crippen molar-refractivity contribution < 1.29 is 5.11 Å². The van der Waals surface area contributed by atoms with Gasteiger partial charge in [-0.15, -0.1) is 0 Å². The molecule has 0 saturated carbocycles. The minimum atomic E-state index is 0. The van der Waals surface area contributed by atoms with Crippen molar-refractivity contribution in [2.75, 3.05) is 0 Å². The third-order valence-corrected chi connectivity index (χ3v) is 1.57. The number of para-hydroxylation sites is 1. The molecular weight excluding hydrogens is 165 g/mol. The SMILES string of the molecule is Oc1c[nH]c2ccccc12.[KH]. The fourth-order valence-electron chi connectivity index (χ4n) is 1.06. The van der Waals surface area contributed by atoms with Gasteiger partial charge in [0.1, 0.15) is 5.75 Å². The molecule has 0 spiro atoms. The van der Waals surface area contributed by atoms with E-state index in [-0.39, 0.29) is 51.4 Å². The van der Waals surface area contributed by atoms with Gasteiger partial charge in [-0.25, -0.2) is 0 Å². The third-order valence-electron chi connectivity index (χ3n) is 1.57. The fourth-order valence-corrected chi connectivity index (χ4v) is 1.06. The first kappa shape index (κ1) is 9.29. The number of fused-ring (bicyclic) bond motifs is 1. The molecule has 52 valence electrons. The van der Waals surface area contributed by atoms with Crippen molar-refractivity contribution in [1.82, 2.24) is 4.98 Å². The number of H-pyrrole nitrogens is 1. The van der Waals surface area contributed by atoms with Crippen LogP contribution in [0, 0.1) is 0 Å². The van der Waals surface area contributed by atoms with Crippen LogP contribution in [0.2, 0.25) is 0 Å². The quantitative estimate of drug-likeness (QED) is 0.577. The van der Waals surface area contributed by atoms with E-state index in [1.54, 1.807) is 6.20 Å². The van der Waals surface area contributed by atoms with Crippen LogP contribution < -0.4 is 0 Å². The van der Waals surface area contributed by atoms with Crippen molar-refractivity contribution in [1.29, 1.82) is 0 Å². The normalized spacial score (nSPS) is 9.45. The molecule has 0 aliphatic heterocycles. The molecule has 0 amide bonds. The number of aromatic hydroxyl groups is 1. The molecular formula is C8H8KNO. The molecule has 0 atom stereocenters. The first-order valence-corrected chi connectivity index (χ1v) is 3.13. The summed E-state index contributed by atoms with van der Waals surface area (Å²) in [5, 5.41) is 10.1. The van der Waals surface area contributed by atoms with Crippen molar-refractivity contribution in [2.45, 2.75) is 0 Å². The van der Waals surface area contributed by atoms with Crippen LogP contribution in [0.1, 0.15) is 0 Å². The van der Waals surface area contributed by atoms with Crippen molar-refractivity contribution in [2.24, 2.45) is 0 Å². The van der Waals surface area contributed by atoms with Gasteiger partial charge in [-0.05, 0) is 12.1 Å². The number of benzene rings is 1. The Morgan fingerprint density at radius 3 is 2.64 bits per heavy atom. The van der Waals surface area contributed by atoms with Crippen LogP contribution in [-0.2, 0) is 0 Å². The van der Waals surface area contributed by atoms with Gasteiger partial charge in [-0.3, -0.25) is 0 Å². The van der Waals surface area contributed by atoms with Crippen LogP contribution in [-0.4, -0.2) is 61.5 Å². The number of aromatic nitrogens is 1. The second kappa shape index (κ2) is 3.73. The van der Waals surface area contributed by atoms with E-state index in [4.69, 9.17) is 0 Å². The zero-order valence-corrected chi connectivity index (χ0v) is 5.33. The Hall–Kier alpha value is 0.196. The van der Waals surface area contributed by atoms with E-state index in [1.165, 1.54) is 0 Å². The summed E-state index contributed by atoms with van der Waals surface area (Å²) in [5.74, 6) is 0.315. The summed E-state index contributed by atoms with van der Waals surface area (Å²) < 4.78 is 0. The first-order valence-electron chi connectivity index (χ1n) is 3.13. The molecule has 3 heteroatoms. The zero-order chi connectivity index (χ0) is 6.97. The average Bonchev–Trinajstić information content (AvgIpc) is 2.34. The van der Waals surface area contributed by atoms with Crippen LogP contribution >= 0.6 is 0 Å². The molecule has 2 aromatic rings. The van der Waals surface area contributed by atoms with Gasteiger partial charge in [0.25, 0.3) is 0 Å². The molecule has 11 heavy (non-hydrogen) atoms. The van der Waals surface area contributed by atoms with Crippen LogP contribution in [0.5, 0.6) is 5.75 Å². The average molecular weight is 173 g/mol. The number of nitrogens with one attached hydrogen (secondary N) is 1. The molecule has 2 nitrogen and oxygen atoms in total. The Labute approximate surface area is 107 Å². The molecule has 1 aromatic heterocycles. The van der Waals surface area contributed by atoms with Gasteiger partial charge in [0.15, 0.2) is 0 Å². The third kappa shape index (κ3) is 1.68. The molecule has 0 saturated heterocycles. The van der Waals surface area contributed by atoms with E-state index in [0.717, 1.165) is 10.9 Å². The topological polar surface area (TPSA) is 36.0 Å². The summed E-state index contributed by atoms with van der Waals surface area (Å²) in [5.41, 5.74) is 0.972. The van der Waals surface area contributed by atoms with Crippen LogP contribution in [0.4, 0.5) is 0 Å². The molecule has 0 fully saturated rings. The van der Waals surface area contributed by atoms with E-state index in [2.05, 4.69) is 4.98 Å². The summed E-state index contributed by atoms with van der Waals surface area (Å²) in [4.78, 5) is 2.94. The van der Waals surface area contributed by atoms with Crippen molar-refractivity contribution in [3.8, 4) is 5.75 Å². The summed E-state index contributed by atoms with van der Waals surface area (Å²) >= 11 is 0. The molecule has 2 N–H and O–H groups in total. The number of hydrogen-bond donors (Lipinski definition) is 2. The molecule has 2 rings (SSSR count). The van der Waals surface area contributed by atoms with E-state index < -0.39 is 0 Å². The van der Waals surface area contributed by atoms with E-state index in [1.807, 2.05) is 24.3 Å². The van der Waals surface area contributed by atoms with Crippen LogP contribution in [0.3, 0.4) is 0 Å². The number of aromatic amines is 1. The molecule has 0 bridgehead atoms. The van der Waals surface area contributed by atoms with Crippen molar-refractivity contribution >= 4 is 62.3 Å². The van der Waals surface area contributed by atoms with E-state index in [9.17, 15) is 5.11 Å². The van der Waals surface area contributed by atoms with Gasteiger partial charge in [-0.1, -0.05) is 12.1 Å². The van der Waals surface area contributed by atoms with Crippen LogP contribution in [0.15, 0.2) is 30.5 Å². The molecule has 0 aliphatic rings. The van der Waals surface area contributed by atoms with Gasteiger partial charge < -0.3 is 10.1 Å². The Bertz CT molecular complexity index is 356. The van der Waals surface area contributed by atoms with Gasteiger partial charge in [-0.2, -0.15) is 0 Å². The molecule has 1 heterocycles. The predicted octanol–water partition coefficient (Wildman–Crippen LogP) is 1.22. The summed E-state index contributed by atoms with van der Waals surface area (Å²) in [6.07, 6.45) is 1.59. The Morgan fingerprint density at radius 2 is 1.91 bits per heavy atom. The van der Waals surface area contributed by atoms with Gasteiger partial charge in [0.05, 0.1) is 0 Å². The molecule has 0 aliphatic carbocycles. The van der Waals surface area contributed by atoms with Crippen LogP contribution in [0.25, 0.3) is 10.9 Å². The second-order valence-corrected chi connectivity index (χ2v) is 2.22. The summed E-state index contributed by atoms with van der Waals surface area (Å²) in [6, 6.07) is 7.63. The molecule has 0 unspecified atom stereocenters. The second-order valence-electron chi connectivity index (χ2n) is 2.22. The number of hydrogen-bond acceptors (Lipinski definition) is 1. The van der Waals surface area contributed by atoms with Gasteiger partial charge in [0, 0.05) is 17.1 Å². The maximum absolute atomic E-state index is 9.18. The van der Waals surface area contributed by atoms with E-state index in [0.29, 0.717) is 5.75 Å². The number of rotatable bonds is 0. The van der Waals surface area contributed by atoms with Crippen molar-refractivity contribution in [3.63, 3.8) is 0 Å². The van der Waals surface area contributed by atoms with Gasteiger partial charge >= 0.3 is 51.4 Å². The Kier molecular flexibility index (Phi) is 3.15. The van der Waals surface area contributed by atoms with Gasteiger partial charge in [0.2, 0.25) is 0 Å². The first-order chi connectivity index (χ1) is 4.88. The summed E-state index contributed by atoms with van der Waals surface area (Å²) in [6.45, 7) is 0. The monoisotopic (exact) mass is 173 g/mol. The Morgan fingerprint density at radius 1 is 1.18 bits per heavy atom. The maximum atomic E-state index is 9.18. The predicted molar refractivity (Wildman–Crippen MR) is 47.1 cm³/mol. The standard InChI is InChI=1S/C8H7NO.K.H/c10-8-5-9-7-4-2-1-3-6(7)8;;/h1-5,9-10H;;.